The molecule has 9 heteroatoms. The first-order valence-corrected chi connectivity index (χ1v) is 11.4. The highest BCUT2D eigenvalue weighted by atomic mass is 16.5. The van der Waals surface area contributed by atoms with E-state index in [0.717, 1.165) is 22.3 Å². The Bertz CT molecular complexity index is 1080. The van der Waals surface area contributed by atoms with Crippen molar-refractivity contribution in [2.45, 2.75) is 50.2 Å². The molecule has 2 aromatic rings. The third-order valence-electron chi connectivity index (χ3n) is 5.91. The average Bonchev–Trinajstić information content (AvgIpc) is 3.14. The number of hydrogen-bond donors (Lipinski definition) is 4. The maximum absolute atomic E-state index is 12.7. The lowest BCUT2D eigenvalue weighted by molar-refractivity contribution is -0.142. The zero-order valence-electron chi connectivity index (χ0n) is 19.5. The van der Waals surface area contributed by atoms with Crippen molar-refractivity contribution in [3.8, 4) is 17.2 Å². The summed E-state index contributed by atoms with van der Waals surface area (Å²) in [4.78, 5) is 36.2. The van der Waals surface area contributed by atoms with Crippen LogP contribution in [0.25, 0.3) is 11.1 Å². The summed E-state index contributed by atoms with van der Waals surface area (Å²) in [6.45, 7) is 1.07. The number of fused-ring (bicyclic) bond motifs is 3. The zero-order valence-corrected chi connectivity index (χ0v) is 19.5. The Morgan fingerprint density at radius 1 is 1.11 bits per heavy atom. The number of nitrogens with zero attached hydrogens (tertiary/aromatic N) is 1. The van der Waals surface area contributed by atoms with Gasteiger partial charge in [0.25, 0.3) is 0 Å². The van der Waals surface area contributed by atoms with Crippen LogP contribution in [-0.2, 0) is 14.3 Å². The van der Waals surface area contributed by atoms with Crippen molar-refractivity contribution in [3.63, 3.8) is 0 Å². The molecule has 0 heterocycles. The zero-order chi connectivity index (χ0) is 25.4. The Hall–Kier alpha value is -3.90. The third kappa shape index (κ3) is 6.80. The van der Waals surface area contributed by atoms with Crippen LogP contribution in [0.2, 0.25) is 0 Å². The lowest BCUT2D eigenvalue weighted by Crippen LogP contribution is -2.51. The number of unbranched alkanes of at least 4 members (excludes halogenated alkanes) is 1. The van der Waals surface area contributed by atoms with Crippen molar-refractivity contribution in [1.82, 2.24) is 10.6 Å². The Morgan fingerprint density at radius 2 is 1.71 bits per heavy atom. The number of aliphatic hydroxyl groups is 1. The summed E-state index contributed by atoms with van der Waals surface area (Å²) in [5.41, 5.74) is 2.66. The topological polar surface area (TPSA) is 149 Å². The molecular weight excluding hydrogens is 450 g/mol. The minimum Gasteiger partial charge on any atom is -0.481 e. The SMILES string of the molecule is CC(O)(CNC(=O)C(CCCC#N)NC(=O)OCC1c2ccccc2-c2ccccc21)CC(=O)O. The summed E-state index contributed by atoms with van der Waals surface area (Å²) in [5, 5.41) is 32.8. The summed E-state index contributed by atoms with van der Waals surface area (Å²) in [6, 6.07) is 16.9. The fourth-order valence-electron chi connectivity index (χ4n) is 4.23. The van der Waals surface area contributed by atoms with Crippen molar-refractivity contribution in [3.05, 3.63) is 59.7 Å². The predicted molar refractivity (Wildman–Crippen MR) is 127 cm³/mol. The van der Waals surface area contributed by atoms with Gasteiger partial charge >= 0.3 is 12.1 Å². The molecule has 3 rings (SSSR count). The first-order chi connectivity index (χ1) is 16.7. The predicted octanol–water partition coefficient (Wildman–Crippen LogP) is 2.93. The maximum atomic E-state index is 12.7. The number of hydrogen-bond acceptors (Lipinski definition) is 6. The molecule has 0 saturated carbocycles. The van der Waals surface area contributed by atoms with E-state index in [0.29, 0.717) is 6.42 Å². The normalized spacial score (nSPS) is 14.5. The molecule has 0 aromatic heterocycles. The molecule has 1 aliphatic carbocycles. The van der Waals surface area contributed by atoms with Gasteiger partial charge in [-0.2, -0.15) is 5.26 Å². The molecule has 0 bridgehead atoms. The lowest BCUT2D eigenvalue weighted by atomic mass is 9.98. The monoisotopic (exact) mass is 479 g/mol. The van der Waals surface area contributed by atoms with Gasteiger partial charge in [0.05, 0.1) is 18.1 Å². The number of ether oxygens (including phenoxy) is 1. The van der Waals surface area contributed by atoms with Crippen LogP contribution in [0.15, 0.2) is 48.5 Å². The van der Waals surface area contributed by atoms with Crippen molar-refractivity contribution < 1.29 is 29.3 Å². The maximum Gasteiger partial charge on any atom is 0.407 e. The second-order valence-electron chi connectivity index (χ2n) is 8.86. The smallest absolute Gasteiger partial charge is 0.407 e. The molecule has 0 fully saturated rings. The number of carbonyl (C=O) groups is 3. The largest absolute Gasteiger partial charge is 0.481 e. The van der Waals surface area contributed by atoms with Crippen molar-refractivity contribution in [2.24, 2.45) is 0 Å². The number of carboxylic acid groups (broad SMARTS) is 1. The highest BCUT2D eigenvalue weighted by Crippen LogP contribution is 2.44. The number of carbonyl (C=O) groups excluding carboxylic acids is 2. The average molecular weight is 480 g/mol. The van der Waals surface area contributed by atoms with Crippen molar-refractivity contribution in [1.29, 1.82) is 5.26 Å². The third-order valence-corrected chi connectivity index (χ3v) is 5.91. The number of alkyl carbamates (subject to hydrolysis) is 1. The van der Waals surface area contributed by atoms with Crippen LogP contribution in [0.1, 0.15) is 49.7 Å². The van der Waals surface area contributed by atoms with Gasteiger partial charge in [0.15, 0.2) is 0 Å². The number of nitrogens with one attached hydrogen (secondary N) is 2. The Labute approximate surface area is 203 Å². The van der Waals surface area contributed by atoms with Gasteiger partial charge in [-0.05, 0) is 42.0 Å². The summed E-state index contributed by atoms with van der Waals surface area (Å²) < 4.78 is 5.50. The number of benzene rings is 2. The van der Waals surface area contributed by atoms with Gasteiger partial charge in [-0.25, -0.2) is 4.79 Å². The molecule has 0 aliphatic heterocycles. The molecule has 2 unspecified atom stereocenters. The van der Waals surface area contributed by atoms with E-state index in [9.17, 15) is 19.5 Å². The van der Waals surface area contributed by atoms with Gasteiger partial charge in [0, 0.05) is 18.9 Å². The number of carboxylic acids is 1. The molecule has 0 spiro atoms. The Kier molecular flexibility index (Phi) is 8.44. The van der Waals surface area contributed by atoms with Crippen LogP contribution >= 0.6 is 0 Å². The van der Waals surface area contributed by atoms with E-state index < -0.39 is 36.0 Å². The van der Waals surface area contributed by atoms with Gasteiger partial charge in [0.1, 0.15) is 12.6 Å². The summed E-state index contributed by atoms with van der Waals surface area (Å²) >= 11 is 0. The van der Waals surface area contributed by atoms with E-state index in [1.807, 2.05) is 54.6 Å². The first-order valence-electron chi connectivity index (χ1n) is 11.4. The summed E-state index contributed by atoms with van der Waals surface area (Å²) in [7, 11) is 0. The van der Waals surface area contributed by atoms with E-state index in [4.69, 9.17) is 15.1 Å². The van der Waals surface area contributed by atoms with Gasteiger partial charge < -0.3 is 25.6 Å². The van der Waals surface area contributed by atoms with E-state index >= 15 is 0 Å². The van der Waals surface area contributed by atoms with Crippen LogP contribution in [0.5, 0.6) is 0 Å². The molecular formula is C26H29N3O6. The fourth-order valence-corrected chi connectivity index (χ4v) is 4.23. The van der Waals surface area contributed by atoms with E-state index in [1.165, 1.54) is 6.92 Å². The van der Waals surface area contributed by atoms with Crippen LogP contribution in [0.3, 0.4) is 0 Å². The Morgan fingerprint density at radius 3 is 2.29 bits per heavy atom. The molecule has 0 radical (unpaired) electrons. The molecule has 2 amide bonds. The molecule has 2 aromatic carbocycles. The molecule has 1 aliphatic rings. The number of aliphatic carboxylic acids is 1. The van der Waals surface area contributed by atoms with Crippen LogP contribution in [0.4, 0.5) is 4.79 Å². The molecule has 9 nitrogen and oxygen atoms in total. The van der Waals surface area contributed by atoms with Gasteiger partial charge in [-0.1, -0.05) is 48.5 Å². The molecule has 184 valence electrons. The van der Waals surface area contributed by atoms with E-state index in [-0.39, 0.29) is 31.9 Å². The fraction of sp³-hybridized carbons (Fsp3) is 0.385. The standard InChI is InChI=1S/C26H29N3O6/c1-26(34,14-23(30)31)16-28-24(32)22(12-6-7-13-27)29-25(33)35-15-21-19-10-4-2-8-17(19)18-9-3-5-11-20(18)21/h2-5,8-11,21-22,34H,6-7,12,14-16H2,1H3,(H,28,32)(H,29,33)(H,30,31). The Balaban J connectivity index is 1.62. The van der Waals surface area contributed by atoms with Crippen LogP contribution in [0, 0.1) is 11.3 Å². The van der Waals surface area contributed by atoms with Gasteiger partial charge in [0.2, 0.25) is 5.91 Å². The van der Waals surface area contributed by atoms with Crippen molar-refractivity contribution >= 4 is 18.0 Å². The molecule has 35 heavy (non-hydrogen) atoms. The summed E-state index contributed by atoms with van der Waals surface area (Å²) in [5.74, 6) is -1.93. The minimum atomic E-state index is -1.65. The molecule has 0 saturated heterocycles. The van der Waals surface area contributed by atoms with Crippen LogP contribution < -0.4 is 10.6 Å². The number of amides is 2. The molecule has 4 N–H and O–H groups in total. The second kappa shape index (κ2) is 11.5. The van der Waals surface area contributed by atoms with E-state index in [1.54, 1.807) is 0 Å². The quantitative estimate of drug-likeness (QED) is 0.362. The first kappa shape index (κ1) is 25.7. The van der Waals surface area contributed by atoms with Gasteiger partial charge in [-0.15, -0.1) is 0 Å². The number of rotatable bonds is 11. The highest BCUT2D eigenvalue weighted by Gasteiger charge is 2.30. The van der Waals surface area contributed by atoms with Crippen LogP contribution in [-0.4, -0.2) is 53.0 Å². The van der Waals surface area contributed by atoms with E-state index in [2.05, 4.69) is 10.6 Å². The summed E-state index contributed by atoms with van der Waals surface area (Å²) in [6.07, 6.45) is -0.575. The lowest BCUT2D eigenvalue weighted by Gasteiger charge is -2.24. The highest BCUT2D eigenvalue weighted by molar-refractivity contribution is 5.86. The second-order valence-corrected chi connectivity index (χ2v) is 8.86. The number of nitriles is 1. The van der Waals surface area contributed by atoms with Crippen molar-refractivity contribution in [2.75, 3.05) is 13.2 Å². The molecule has 2 atom stereocenters. The van der Waals surface area contributed by atoms with Gasteiger partial charge in [-0.3, -0.25) is 9.59 Å². The minimum absolute atomic E-state index is 0.0831.